The molecule has 2 aromatic heterocycles. The predicted molar refractivity (Wildman–Crippen MR) is 140 cm³/mol. The molecule has 184 valence electrons. The number of anilines is 1. The topological polar surface area (TPSA) is 90.2 Å². The third kappa shape index (κ3) is 4.35. The van der Waals surface area contributed by atoms with Gasteiger partial charge in [0.05, 0.1) is 11.2 Å². The maximum Gasteiger partial charge on any atom is 0.247 e. The van der Waals surface area contributed by atoms with Gasteiger partial charge >= 0.3 is 0 Å². The van der Waals surface area contributed by atoms with Gasteiger partial charge in [0, 0.05) is 42.3 Å². The number of benzene rings is 2. The molecule has 8 nitrogen and oxygen atoms in total. The highest BCUT2D eigenvalue weighted by atomic mass is 32.2. The molecule has 2 aromatic carbocycles. The maximum atomic E-state index is 13.1. The average molecular weight is 502 g/mol. The van der Waals surface area contributed by atoms with Crippen molar-refractivity contribution < 1.29 is 14.3 Å². The summed E-state index contributed by atoms with van der Waals surface area (Å²) in [5, 5.41) is 10.2. The minimum atomic E-state index is -0.856. The van der Waals surface area contributed by atoms with E-state index in [0.29, 0.717) is 33.5 Å². The molecular weight excluding hydrogens is 474 g/mol. The summed E-state index contributed by atoms with van der Waals surface area (Å²) < 4.78 is 8.10. The second kappa shape index (κ2) is 10.1. The Balaban J connectivity index is 1.68. The Hall–Kier alpha value is -3.72. The molecule has 3 heterocycles. The van der Waals surface area contributed by atoms with Gasteiger partial charge < -0.3 is 4.74 Å². The van der Waals surface area contributed by atoms with Crippen LogP contribution in [0.2, 0.25) is 0 Å². The van der Waals surface area contributed by atoms with Crippen LogP contribution in [-0.2, 0) is 4.79 Å². The van der Waals surface area contributed by atoms with Crippen LogP contribution in [0.1, 0.15) is 56.6 Å². The highest BCUT2D eigenvalue weighted by Crippen LogP contribution is 2.44. The molecule has 0 spiro atoms. The molecule has 1 aliphatic rings. The maximum absolute atomic E-state index is 13.1. The lowest BCUT2D eigenvalue weighted by molar-refractivity contribution is -0.118. The van der Waals surface area contributed by atoms with Gasteiger partial charge in [-0.2, -0.15) is 4.98 Å². The van der Waals surface area contributed by atoms with Crippen molar-refractivity contribution in [2.24, 2.45) is 0 Å². The van der Waals surface area contributed by atoms with Crippen molar-refractivity contribution in [1.29, 1.82) is 0 Å². The van der Waals surface area contributed by atoms with Gasteiger partial charge in [-0.1, -0.05) is 67.9 Å². The quantitative estimate of drug-likeness (QED) is 0.241. The van der Waals surface area contributed by atoms with Gasteiger partial charge in [0.15, 0.2) is 5.69 Å². The first-order chi connectivity index (χ1) is 17.5. The molecule has 1 atom stereocenters. The fourth-order valence-corrected chi connectivity index (χ4v) is 5.27. The van der Waals surface area contributed by atoms with Crippen LogP contribution in [0.4, 0.5) is 5.69 Å². The van der Waals surface area contributed by atoms with Gasteiger partial charge in [-0.05, 0) is 18.6 Å². The van der Waals surface area contributed by atoms with Gasteiger partial charge in [-0.15, -0.1) is 10.2 Å². The van der Waals surface area contributed by atoms with E-state index < -0.39 is 6.23 Å². The first kappa shape index (κ1) is 24.0. The Morgan fingerprint density at radius 2 is 1.78 bits per heavy atom. The monoisotopic (exact) mass is 501 g/mol. The number of nitrogens with zero attached hydrogens (tertiary/aromatic N) is 5. The zero-order chi connectivity index (χ0) is 25.2. The number of carbonyl (C=O) groups excluding carboxylic acids is 2. The summed E-state index contributed by atoms with van der Waals surface area (Å²) in [4.78, 5) is 31.9. The minimum Gasteiger partial charge on any atom is -0.447 e. The van der Waals surface area contributed by atoms with Crippen molar-refractivity contribution >= 4 is 40.2 Å². The molecule has 0 bridgehead atoms. The fourth-order valence-electron chi connectivity index (χ4n) is 4.49. The molecule has 9 heteroatoms. The molecule has 4 aromatic rings. The van der Waals surface area contributed by atoms with Crippen LogP contribution in [0.15, 0.2) is 59.9 Å². The Bertz CT molecular complexity index is 1450. The zero-order valence-electron chi connectivity index (χ0n) is 20.5. The Morgan fingerprint density at radius 3 is 2.56 bits per heavy atom. The summed E-state index contributed by atoms with van der Waals surface area (Å²) in [5.41, 5.74) is 3.27. The second-order valence-electron chi connectivity index (χ2n) is 8.67. The van der Waals surface area contributed by atoms with Gasteiger partial charge in [0.2, 0.25) is 29.1 Å². The third-order valence-electron chi connectivity index (χ3n) is 6.18. The number of amides is 1. The van der Waals surface area contributed by atoms with E-state index in [2.05, 4.69) is 17.1 Å². The highest BCUT2D eigenvalue weighted by molar-refractivity contribution is 7.99. The van der Waals surface area contributed by atoms with Gasteiger partial charge in [-0.25, -0.2) is 0 Å². The van der Waals surface area contributed by atoms with E-state index in [-0.39, 0.29) is 11.8 Å². The number of ether oxygens (including phenoxy) is 1. The largest absolute Gasteiger partial charge is 0.447 e. The average Bonchev–Trinajstić information content (AvgIpc) is 3.20. The zero-order valence-corrected chi connectivity index (χ0v) is 21.3. The summed E-state index contributed by atoms with van der Waals surface area (Å²) in [6, 6.07) is 15.1. The molecule has 0 aliphatic carbocycles. The fraction of sp³-hybridized carbons (Fsp3) is 0.296. The lowest BCUT2D eigenvalue weighted by Crippen LogP contribution is -2.36. The number of unbranched alkanes of at least 4 members (excludes halogenated alkanes) is 2. The molecule has 1 aliphatic heterocycles. The van der Waals surface area contributed by atoms with Crippen molar-refractivity contribution in [2.45, 2.75) is 51.4 Å². The Morgan fingerprint density at radius 1 is 1.00 bits per heavy atom. The van der Waals surface area contributed by atoms with Crippen molar-refractivity contribution in [1.82, 2.24) is 19.7 Å². The minimum absolute atomic E-state index is 0.129. The van der Waals surface area contributed by atoms with Crippen LogP contribution >= 0.6 is 11.8 Å². The summed E-state index contributed by atoms with van der Waals surface area (Å²) in [6.07, 6.45) is 4.24. The van der Waals surface area contributed by atoms with E-state index in [1.807, 2.05) is 48.5 Å². The van der Waals surface area contributed by atoms with E-state index in [1.54, 1.807) is 27.4 Å². The molecule has 36 heavy (non-hydrogen) atoms. The van der Waals surface area contributed by atoms with Crippen LogP contribution in [0.3, 0.4) is 0 Å². The number of para-hydroxylation sites is 2. The smallest absolute Gasteiger partial charge is 0.247 e. The van der Waals surface area contributed by atoms with Crippen LogP contribution in [0, 0.1) is 0 Å². The lowest BCUT2D eigenvalue weighted by atomic mass is 10.1. The molecule has 0 unspecified atom stereocenters. The second-order valence-corrected chi connectivity index (χ2v) is 9.73. The lowest BCUT2D eigenvalue weighted by Gasteiger charge is -2.29. The van der Waals surface area contributed by atoms with Gasteiger partial charge in [-0.3, -0.25) is 19.1 Å². The first-order valence-electron chi connectivity index (χ1n) is 12.0. The molecule has 0 N–H and O–H groups in total. The molecule has 1 amide bonds. The third-order valence-corrected chi connectivity index (χ3v) is 7.10. The summed E-state index contributed by atoms with van der Waals surface area (Å²) in [5.74, 6) is 0.863. The molecule has 5 rings (SSSR count). The molecule has 0 fully saturated rings. The molecule has 0 saturated heterocycles. The van der Waals surface area contributed by atoms with Crippen LogP contribution in [0.5, 0.6) is 5.88 Å². The van der Waals surface area contributed by atoms with Gasteiger partial charge in [0.1, 0.15) is 0 Å². The number of fused-ring (bicyclic) bond motifs is 4. The number of thioether (sulfide) groups is 1. The van der Waals surface area contributed by atoms with E-state index in [4.69, 9.17) is 9.72 Å². The summed E-state index contributed by atoms with van der Waals surface area (Å²) in [7, 11) is 0. The molecule has 0 radical (unpaired) electrons. The SMILES string of the molecule is CCCCCSc1nnc2c(n1)O[C@H](c1cn(C(C)=O)c3ccccc13)N(C(C)=O)c1ccccc1-2. The standard InChI is InChI=1S/C27H27N5O3S/c1-4-5-10-15-36-27-28-25-24(29-30-27)20-12-7-9-14-23(20)32(18(3)34)26(35-25)21-16-31(17(2)33)22-13-8-6-11-19(21)22/h6-9,11-14,16,26H,4-5,10,15H2,1-3H3/t26-/m1/s1. The van der Waals surface area contributed by atoms with Crippen molar-refractivity contribution in [3.8, 4) is 17.1 Å². The van der Waals surface area contributed by atoms with E-state index in [0.717, 1.165) is 35.9 Å². The first-order valence-corrected chi connectivity index (χ1v) is 13.0. The number of hydrogen-bond donors (Lipinski definition) is 0. The van der Waals surface area contributed by atoms with E-state index >= 15 is 0 Å². The number of hydrogen-bond acceptors (Lipinski definition) is 7. The normalized spacial score (nSPS) is 14.6. The van der Waals surface area contributed by atoms with Crippen molar-refractivity contribution in [2.75, 3.05) is 10.7 Å². The highest BCUT2D eigenvalue weighted by Gasteiger charge is 2.36. The van der Waals surface area contributed by atoms with E-state index in [9.17, 15) is 9.59 Å². The van der Waals surface area contributed by atoms with Crippen molar-refractivity contribution in [3.63, 3.8) is 0 Å². The molecule has 0 saturated carbocycles. The van der Waals surface area contributed by atoms with Crippen LogP contribution < -0.4 is 9.64 Å². The number of rotatable bonds is 6. The summed E-state index contributed by atoms with van der Waals surface area (Å²) in [6.45, 7) is 5.18. The van der Waals surface area contributed by atoms with E-state index in [1.165, 1.54) is 13.8 Å². The van der Waals surface area contributed by atoms with Gasteiger partial charge in [0.25, 0.3) is 0 Å². The van der Waals surface area contributed by atoms with Crippen LogP contribution in [-0.4, -0.2) is 37.3 Å². The Kier molecular flexibility index (Phi) is 6.73. The molecular formula is C27H27N5O3S. The Labute approximate surface area is 213 Å². The predicted octanol–water partition coefficient (Wildman–Crippen LogP) is 5.88. The van der Waals surface area contributed by atoms with Crippen molar-refractivity contribution in [3.05, 3.63) is 60.3 Å². The number of aromatic nitrogens is 4. The van der Waals surface area contributed by atoms with Crippen LogP contribution in [0.25, 0.3) is 22.2 Å². The number of carbonyl (C=O) groups is 2. The summed E-state index contributed by atoms with van der Waals surface area (Å²) >= 11 is 1.54.